The van der Waals surface area contributed by atoms with Crippen LogP contribution < -0.4 is 5.73 Å². The fourth-order valence-electron chi connectivity index (χ4n) is 3.04. The van der Waals surface area contributed by atoms with Crippen LogP contribution in [0.2, 0.25) is 0 Å². The third-order valence-electron chi connectivity index (χ3n) is 4.06. The molecule has 5 heteroatoms. The number of benzene rings is 1. The second-order valence-electron chi connectivity index (χ2n) is 5.47. The SMILES string of the molecule is N#Cc1c(N)nc2c(c1-c1cc(F)ccc1F)CCCCC2. The highest BCUT2D eigenvalue weighted by molar-refractivity contribution is 5.79. The number of aryl methyl sites for hydroxylation is 1. The van der Waals surface area contributed by atoms with Crippen molar-refractivity contribution in [2.24, 2.45) is 0 Å². The van der Waals surface area contributed by atoms with E-state index in [4.69, 9.17) is 5.73 Å². The number of anilines is 1. The number of nitriles is 1. The van der Waals surface area contributed by atoms with E-state index < -0.39 is 11.6 Å². The van der Waals surface area contributed by atoms with Gasteiger partial charge in [0.1, 0.15) is 29.1 Å². The van der Waals surface area contributed by atoms with Crippen LogP contribution in [0.1, 0.15) is 36.1 Å². The van der Waals surface area contributed by atoms with Gasteiger partial charge in [-0.15, -0.1) is 0 Å². The van der Waals surface area contributed by atoms with E-state index in [1.165, 1.54) is 0 Å². The molecule has 0 atom stereocenters. The van der Waals surface area contributed by atoms with Gasteiger partial charge in [0.2, 0.25) is 0 Å². The number of rotatable bonds is 1. The summed E-state index contributed by atoms with van der Waals surface area (Å²) in [5, 5.41) is 9.41. The van der Waals surface area contributed by atoms with Gasteiger partial charge in [0.15, 0.2) is 0 Å². The van der Waals surface area contributed by atoms with E-state index in [2.05, 4.69) is 4.98 Å². The van der Waals surface area contributed by atoms with Gasteiger partial charge in [0.25, 0.3) is 0 Å². The molecule has 0 bridgehead atoms. The molecule has 112 valence electrons. The van der Waals surface area contributed by atoms with Crippen LogP contribution in [0.5, 0.6) is 0 Å². The van der Waals surface area contributed by atoms with E-state index in [9.17, 15) is 14.0 Å². The molecule has 1 heterocycles. The van der Waals surface area contributed by atoms with Crippen molar-refractivity contribution in [2.45, 2.75) is 32.1 Å². The maximum atomic E-state index is 14.2. The van der Waals surface area contributed by atoms with Gasteiger partial charge in [-0.3, -0.25) is 0 Å². The third kappa shape index (κ3) is 2.41. The highest BCUT2D eigenvalue weighted by Gasteiger charge is 2.23. The van der Waals surface area contributed by atoms with Crippen molar-refractivity contribution in [3.05, 3.63) is 46.7 Å². The van der Waals surface area contributed by atoms with E-state index >= 15 is 0 Å². The van der Waals surface area contributed by atoms with Crippen molar-refractivity contribution in [3.63, 3.8) is 0 Å². The molecule has 1 aliphatic carbocycles. The molecular weight excluding hydrogens is 284 g/mol. The Bertz CT molecular complexity index is 778. The second kappa shape index (κ2) is 5.72. The van der Waals surface area contributed by atoms with Crippen molar-refractivity contribution in [1.82, 2.24) is 4.98 Å². The van der Waals surface area contributed by atoms with Gasteiger partial charge in [0.05, 0.1) is 0 Å². The summed E-state index contributed by atoms with van der Waals surface area (Å²) in [6.45, 7) is 0. The number of aromatic nitrogens is 1. The van der Waals surface area contributed by atoms with Crippen LogP contribution in [0.15, 0.2) is 18.2 Å². The van der Waals surface area contributed by atoms with Crippen LogP contribution in [0.3, 0.4) is 0 Å². The van der Waals surface area contributed by atoms with Crippen LogP contribution in [0.4, 0.5) is 14.6 Å². The number of nitrogens with two attached hydrogens (primary N) is 1. The lowest BCUT2D eigenvalue weighted by Gasteiger charge is -2.16. The van der Waals surface area contributed by atoms with Gasteiger partial charge in [-0.1, -0.05) is 6.42 Å². The van der Waals surface area contributed by atoms with Gasteiger partial charge in [-0.2, -0.15) is 5.26 Å². The fourth-order valence-corrected chi connectivity index (χ4v) is 3.04. The Kier molecular flexibility index (Phi) is 3.76. The van der Waals surface area contributed by atoms with Gasteiger partial charge in [0, 0.05) is 16.8 Å². The van der Waals surface area contributed by atoms with E-state index in [-0.39, 0.29) is 16.9 Å². The summed E-state index contributed by atoms with van der Waals surface area (Å²) in [4.78, 5) is 4.32. The summed E-state index contributed by atoms with van der Waals surface area (Å²) < 4.78 is 27.8. The Morgan fingerprint density at radius 3 is 2.68 bits per heavy atom. The van der Waals surface area contributed by atoms with Crippen molar-refractivity contribution in [2.75, 3.05) is 5.73 Å². The number of nitrogens with zero attached hydrogens (tertiary/aromatic N) is 2. The fraction of sp³-hybridized carbons (Fsp3) is 0.294. The average Bonchev–Trinajstić information content (AvgIpc) is 2.73. The largest absolute Gasteiger partial charge is 0.383 e. The maximum absolute atomic E-state index is 14.2. The first-order valence-corrected chi connectivity index (χ1v) is 7.28. The summed E-state index contributed by atoms with van der Waals surface area (Å²) in [5.74, 6) is -1.02. The van der Waals surface area contributed by atoms with Gasteiger partial charge < -0.3 is 5.73 Å². The van der Waals surface area contributed by atoms with E-state index in [0.717, 1.165) is 55.1 Å². The summed E-state index contributed by atoms with van der Waals surface area (Å²) in [6, 6.07) is 5.26. The van der Waals surface area contributed by atoms with Crippen LogP contribution in [0, 0.1) is 23.0 Å². The Morgan fingerprint density at radius 2 is 1.91 bits per heavy atom. The first kappa shape index (κ1) is 14.5. The number of pyridine rings is 1. The van der Waals surface area contributed by atoms with Crippen LogP contribution in [-0.2, 0) is 12.8 Å². The summed E-state index contributed by atoms with van der Waals surface area (Å²) >= 11 is 0. The van der Waals surface area contributed by atoms with Crippen molar-refractivity contribution < 1.29 is 8.78 Å². The predicted octanol–water partition coefficient (Wildman–Crippen LogP) is 3.75. The Balaban J connectivity index is 2.36. The van der Waals surface area contributed by atoms with E-state index in [0.29, 0.717) is 12.0 Å². The zero-order valence-corrected chi connectivity index (χ0v) is 12.0. The molecular formula is C17H15F2N3. The summed E-state index contributed by atoms with van der Waals surface area (Å²) in [6.07, 6.45) is 4.41. The second-order valence-corrected chi connectivity index (χ2v) is 5.47. The molecule has 2 N–H and O–H groups in total. The number of nitrogen functional groups attached to an aromatic ring is 1. The van der Waals surface area contributed by atoms with Gasteiger partial charge in [-0.25, -0.2) is 13.8 Å². The highest BCUT2D eigenvalue weighted by Crippen LogP contribution is 2.36. The summed E-state index contributed by atoms with van der Waals surface area (Å²) in [7, 11) is 0. The molecule has 2 aromatic rings. The number of halogens is 2. The average molecular weight is 299 g/mol. The molecule has 0 aliphatic heterocycles. The van der Waals surface area contributed by atoms with Crippen LogP contribution >= 0.6 is 0 Å². The van der Waals surface area contributed by atoms with Gasteiger partial charge in [-0.05, 0) is 49.4 Å². The molecule has 0 fully saturated rings. The molecule has 3 nitrogen and oxygen atoms in total. The first-order valence-electron chi connectivity index (χ1n) is 7.28. The maximum Gasteiger partial charge on any atom is 0.142 e. The zero-order chi connectivity index (χ0) is 15.7. The Morgan fingerprint density at radius 1 is 1.14 bits per heavy atom. The molecule has 0 radical (unpaired) electrons. The number of hydrogen-bond acceptors (Lipinski definition) is 3. The molecule has 22 heavy (non-hydrogen) atoms. The standard InChI is InChI=1S/C17H15F2N3/c18-10-6-7-14(19)12(8-10)16-11-4-2-1-3-5-15(11)22-17(21)13(16)9-20/h6-8H,1-5H2,(H2,21,22). The molecule has 0 spiro atoms. The number of fused-ring (bicyclic) bond motifs is 1. The summed E-state index contributed by atoms with van der Waals surface area (Å²) in [5.41, 5.74) is 8.13. The van der Waals surface area contributed by atoms with E-state index in [1.807, 2.05) is 6.07 Å². The first-order chi connectivity index (χ1) is 10.6. The normalized spacial score (nSPS) is 14.0. The quantitative estimate of drug-likeness (QED) is 0.816. The van der Waals surface area contributed by atoms with E-state index in [1.54, 1.807) is 0 Å². The van der Waals surface area contributed by atoms with Gasteiger partial charge >= 0.3 is 0 Å². The highest BCUT2D eigenvalue weighted by atomic mass is 19.1. The molecule has 1 aromatic carbocycles. The smallest absolute Gasteiger partial charge is 0.142 e. The monoisotopic (exact) mass is 299 g/mol. The third-order valence-corrected chi connectivity index (χ3v) is 4.06. The van der Waals surface area contributed by atoms with Crippen molar-refractivity contribution in [3.8, 4) is 17.2 Å². The minimum Gasteiger partial charge on any atom is -0.383 e. The molecule has 1 aliphatic rings. The molecule has 0 amide bonds. The minimum absolute atomic E-state index is 0.0850. The van der Waals surface area contributed by atoms with Crippen molar-refractivity contribution >= 4 is 5.82 Å². The molecule has 3 rings (SSSR count). The Labute approximate surface area is 127 Å². The predicted molar refractivity (Wildman–Crippen MR) is 80.0 cm³/mol. The molecule has 0 unspecified atom stereocenters. The lowest BCUT2D eigenvalue weighted by atomic mass is 9.91. The van der Waals surface area contributed by atoms with Crippen LogP contribution in [-0.4, -0.2) is 4.98 Å². The lowest BCUT2D eigenvalue weighted by Crippen LogP contribution is -2.07. The zero-order valence-electron chi connectivity index (χ0n) is 12.0. The molecule has 0 saturated carbocycles. The van der Waals surface area contributed by atoms with Crippen LogP contribution in [0.25, 0.3) is 11.1 Å². The number of hydrogen-bond donors (Lipinski definition) is 1. The molecule has 0 saturated heterocycles. The lowest BCUT2D eigenvalue weighted by molar-refractivity contribution is 0.603. The molecule has 1 aromatic heterocycles. The van der Waals surface area contributed by atoms with Crippen molar-refractivity contribution in [1.29, 1.82) is 5.26 Å². The Hall–Kier alpha value is -2.48. The minimum atomic E-state index is -0.560. The topological polar surface area (TPSA) is 62.7 Å².